The number of aromatic amines is 1. The van der Waals surface area contributed by atoms with Gasteiger partial charge in [0.15, 0.2) is 0 Å². The van der Waals surface area contributed by atoms with Crippen molar-refractivity contribution in [1.29, 1.82) is 0 Å². The van der Waals surface area contributed by atoms with Gasteiger partial charge in [-0.15, -0.1) is 0 Å². The maximum atomic E-state index is 10.9. The number of aromatic nitrogens is 3. The molecule has 0 aliphatic rings. The zero-order valence-electron chi connectivity index (χ0n) is 9.50. The number of fused-ring (bicyclic) bond motifs is 1. The maximum absolute atomic E-state index is 10.9. The molecule has 0 saturated heterocycles. The number of H-pyrrole nitrogens is 1. The average Bonchev–Trinajstić information content (AvgIpc) is 2.96. The summed E-state index contributed by atoms with van der Waals surface area (Å²) in [6, 6.07) is 7.51. The Morgan fingerprint density at radius 1 is 1.39 bits per heavy atom. The van der Waals surface area contributed by atoms with Gasteiger partial charge in [0.2, 0.25) is 0 Å². The van der Waals surface area contributed by atoms with E-state index in [1.54, 1.807) is 18.6 Å². The van der Waals surface area contributed by atoms with Gasteiger partial charge < -0.3 is 14.7 Å². The lowest BCUT2D eigenvalue weighted by Gasteiger charge is -2.02. The lowest BCUT2D eigenvalue weighted by Crippen LogP contribution is -1.95. The van der Waals surface area contributed by atoms with E-state index in [0.29, 0.717) is 0 Å². The Morgan fingerprint density at radius 2 is 2.28 bits per heavy atom. The predicted octanol–water partition coefficient (Wildman–Crippen LogP) is 2.11. The number of aromatic carboxylic acids is 1. The van der Waals surface area contributed by atoms with Crippen LogP contribution < -0.4 is 0 Å². The summed E-state index contributed by atoms with van der Waals surface area (Å²) in [5.74, 6) is -0.942. The molecule has 3 rings (SSSR count). The van der Waals surface area contributed by atoms with Gasteiger partial charge in [0, 0.05) is 29.8 Å². The number of carbonyl (C=O) groups is 1. The minimum atomic E-state index is -0.942. The number of benzene rings is 1. The van der Waals surface area contributed by atoms with Crippen molar-refractivity contribution in [1.82, 2.24) is 14.5 Å². The van der Waals surface area contributed by atoms with E-state index in [0.717, 1.165) is 23.0 Å². The summed E-state index contributed by atoms with van der Waals surface area (Å²) in [6.07, 6.45) is 5.38. The first-order valence-corrected chi connectivity index (χ1v) is 5.53. The fourth-order valence-electron chi connectivity index (χ4n) is 1.99. The van der Waals surface area contributed by atoms with Gasteiger partial charge in [-0.25, -0.2) is 9.78 Å². The third-order valence-electron chi connectivity index (χ3n) is 2.84. The topological polar surface area (TPSA) is 70.9 Å². The molecule has 2 heterocycles. The van der Waals surface area contributed by atoms with Crippen LogP contribution in [0.2, 0.25) is 0 Å². The number of nitrogens with one attached hydrogen (secondary N) is 1. The molecular formula is C13H11N3O2. The standard InChI is InChI=1S/C13H11N3O2/c17-13(18)12-6-10-5-9(1-2-11(10)15-12)7-16-4-3-14-8-16/h1-6,8,15H,7H2,(H,17,18). The van der Waals surface area contributed by atoms with Crippen molar-refractivity contribution in [2.24, 2.45) is 0 Å². The Bertz CT molecular complexity index is 698. The normalized spacial score (nSPS) is 10.9. The van der Waals surface area contributed by atoms with Crippen LogP contribution in [0.25, 0.3) is 10.9 Å². The number of hydrogen-bond acceptors (Lipinski definition) is 2. The molecule has 0 bridgehead atoms. The van der Waals surface area contributed by atoms with Crippen LogP contribution >= 0.6 is 0 Å². The van der Waals surface area contributed by atoms with Crippen molar-refractivity contribution in [3.05, 3.63) is 54.2 Å². The summed E-state index contributed by atoms with van der Waals surface area (Å²) in [4.78, 5) is 17.7. The molecule has 0 aliphatic carbocycles. The molecule has 0 spiro atoms. The number of nitrogens with zero attached hydrogens (tertiary/aromatic N) is 2. The van der Waals surface area contributed by atoms with E-state index in [1.807, 2.05) is 29.0 Å². The Kier molecular flexibility index (Phi) is 2.37. The highest BCUT2D eigenvalue weighted by atomic mass is 16.4. The Hall–Kier alpha value is -2.56. The summed E-state index contributed by atoms with van der Waals surface area (Å²) in [6.45, 7) is 0.726. The van der Waals surface area contributed by atoms with E-state index in [4.69, 9.17) is 5.11 Å². The van der Waals surface area contributed by atoms with Gasteiger partial charge in [-0.2, -0.15) is 0 Å². The number of hydrogen-bond donors (Lipinski definition) is 2. The first-order chi connectivity index (χ1) is 8.72. The van der Waals surface area contributed by atoms with Crippen LogP contribution in [0.15, 0.2) is 43.0 Å². The van der Waals surface area contributed by atoms with E-state index in [-0.39, 0.29) is 5.69 Å². The second-order valence-corrected chi connectivity index (χ2v) is 4.14. The summed E-state index contributed by atoms with van der Waals surface area (Å²) < 4.78 is 1.96. The molecule has 0 radical (unpaired) electrons. The molecule has 5 heteroatoms. The van der Waals surface area contributed by atoms with Crippen molar-refractivity contribution in [3.8, 4) is 0 Å². The van der Waals surface area contributed by atoms with Gasteiger partial charge in [0.1, 0.15) is 5.69 Å². The van der Waals surface area contributed by atoms with Crippen LogP contribution in [0.3, 0.4) is 0 Å². The van der Waals surface area contributed by atoms with Crippen LogP contribution in [-0.2, 0) is 6.54 Å². The minimum Gasteiger partial charge on any atom is -0.477 e. The minimum absolute atomic E-state index is 0.213. The molecule has 2 N–H and O–H groups in total. The van der Waals surface area contributed by atoms with E-state index < -0.39 is 5.97 Å². The largest absolute Gasteiger partial charge is 0.477 e. The second kappa shape index (κ2) is 4.03. The quantitative estimate of drug-likeness (QED) is 0.737. The van der Waals surface area contributed by atoms with Gasteiger partial charge in [-0.05, 0) is 23.8 Å². The number of rotatable bonds is 3. The lowest BCUT2D eigenvalue weighted by molar-refractivity contribution is 0.0691. The molecule has 0 atom stereocenters. The molecular weight excluding hydrogens is 230 g/mol. The molecule has 0 unspecified atom stereocenters. The van der Waals surface area contributed by atoms with Gasteiger partial charge in [-0.3, -0.25) is 0 Å². The molecule has 0 amide bonds. The second-order valence-electron chi connectivity index (χ2n) is 4.14. The number of carboxylic acids is 1. The molecule has 3 aromatic rings. The molecule has 18 heavy (non-hydrogen) atoms. The van der Waals surface area contributed by atoms with Crippen LogP contribution in [0.5, 0.6) is 0 Å². The van der Waals surface area contributed by atoms with Crippen LogP contribution in [-0.4, -0.2) is 25.6 Å². The molecule has 1 aromatic carbocycles. The molecule has 90 valence electrons. The smallest absolute Gasteiger partial charge is 0.352 e. The van der Waals surface area contributed by atoms with Crippen molar-refractivity contribution in [3.63, 3.8) is 0 Å². The zero-order chi connectivity index (χ0) is 12.5. The van der Waals surface area contributed by atoms with Crippen molar-refractivity contribution < 1.29 is 9.90 Å². The van der Waals surface area contributed by atoms with E-state index in [1.165, 1.54) is 0 Å². The predicted molar refractivity (Wildman–Crippen MR) is 66.6 cm³/mol. The van der Waals surface area contributed by atoms with E-state index in [2.05, 4.69) is 9.97 Å². The molecule has 0 fully saturated rings. The summed E-state index contributed by atoms with van der Waals surface area (Å²) in [7, 11) is 0. The van der Waals surface area contributed by atoms with Gasteiger partial charge in [-0.1, -0.05) is 6.07 Å². The Morgan fingerprint density at radius 3 is 3.00 bits per heavy atom. The number of carboxylic acid groups (broad SMARTS) is 1. The van der Waals surface area contributed by atoms with Crippen LogP contribution in [0.1, 0.15) is 16.1 Å². The van der Waals surface area contributed by atoms with Gasteiger partial charge in [0.05, 0.1) is 6.33 Å². The average molecular weight is 241 g/mol. The van der Waals surface area contributed by atoms with Crippen molar-refractivity contribution >= 4 is 16.9 Å². The van der Waals surface area contributed by atoms with Crippen molar-refractivity contribution in [2.45, 2.75) is 6.54 Å². The monoisotopic (exact) mass is 241 g/mol. The summed E-state index contributed by atoms with van der Waals surface area (Å²) in [5, 5.41) is 9.83. The highest BCUT2D eigenvalue weighted by molar-refractivity contribution is 5.93. The Labute approximate surface area is 103 Å². The Balaban J connectivity index is 1.97. The zero-order valence-corrected chi connectivity index (χ0v) is 9.50. The third-order valence-corrected chi connectivity index (χ3v) is 2.84. The van der Waals surface area contributed by atoms with Gasteiger partial charge in [0.25, 0.3) is 0 Å². The lowest BCUT2D eigenvalue weighted by atomic mass is 10.1. The first-order valence-electron chi connectivity index (χ1n) is 5.53. The van der Waals surface area contributed by atoms with E-state index >= 15 is 0 Å². The van der Waals surface area contributed by atoms with Gasteiger partial charge >= 0.3 is 5.97 Å². The SMILES string of the molecule is O=C(O)c1cc2cc(Cn3ccnc3)ccc2[nH]1. The van der Waals surface area contributed by atoms with Crippen LogP contribution in [0.4, 0.5) is 0 Å². The molecule has 0 aliphatic heterocycles. The summed E-state index contributed by atoms with van der Waals surface area (Å²) in [5.41, 5.74) is 2.16. The summed E-state index contributed by atoms with van der Waals surface area (Å²) >= 11 is 0. The van der Waals surface area contributed by atoms with E-state index in [9.17, 15) is 4.79 Å². The third kappa shape index (κ3) is 1.86. The van der Waals surface area contributed by atoms with Crippen LogP contribution in [0, 0.1) is 0 Å². The van der Waals surface area contributed by atoms with Crippen molar-refractivity contribution in [2.75, 3.05) is 0 Å². The number of imidazole rings is 1. The highest BCUT2D eigenvalue weighted by Gasteiger charge is 2.07. The molecule has 2 aromatic heterocycles. The molecule has 5 nitrogen and oxygen atoms in total. The maximum Gasteiger partial charge on any atom is 0.352 e. The fraction of sp³-hybridized carbons (Fsp3) is 0.0769. The first kappa shape index (κ1) is 10.6. The molecule has 0 saturated carbocycles. The fourth-order valence-corrected chi connectivity index (χ4v) is 1.99. The highest BCUT2D eigenvalue weighted by Crippen LogP contribution is 2.18.